The van der Waals surface area contributed by atoms with Crippen molar-refractivity contribution in [2.75, 3.05) is 33.8 Å². The Balaban J connectivity index is 2.63. The smallest absolute Gasteiger partial charge is 0.329 e. The zero-order chi connectivity index (χ0) is 14.6. The third-order valence-corrected chi connectivity index (χ3v) is 3.74. The number of nitrogens with one attached hydrogen (secondary N) is 1. The quantitative estimate of drug-likeness (QED) is 0.711. The maximum absolute atomic E-state index is 11.7. The Morgan fingerprint density at radius 3 is 2.26 bits per heavy atom. The predicted octanol–water partition coefficient (Wildman–Crippen LogP) is -0.311. The van der Waals surface area contributed by atoms with Crippen LogP contribution in [-0.2, 0) is 14.3 Å². The van der Waals surface area contributed by atoms with Crippen LogP contribution in [0.5, 0.6) is 0 Å². The number of hydrogen-bond donors (Lipinski definition) is 1. The van der Waals surface area contributed by atoms with Crippen LogP contribution < -0.4 is 5.32 Å². The van der Waals surface area contributed by atoms with Crippen LogP contribution in [-0.4, -0.2) is 73.6 Å². The lowest BCUT2D eigenvalue weighted by atomic mass is 10.1. The monoisotopic (exact) mass is 271 g/mol. The highest BCUT2D eigenvalue weighted by atomic mass is 16.5. The third kappa shape index (κ3) is 4.47. The number of carbonyl (C=O) groups excluding carboxylic acids is 2. The molecule has 1 saturated heterocycles. The molecule has 3 atom stereocenters. The van der Waals surface area contributed by atoms with Gasteiger partial charge in [-0.2, -0.15) is 0 Å². The van der Waals surface area contributed by atoms with E-state index < -0.39 is 12.0 Å². The van der Waals surface area contributed by atoms with E-state index in [1.807, 2.05) is 0 Å². The highest BCUT2D eigenvalue weighted by Crippen LogP contribution is 2.13. The topological polar surface area (TPSA) is 61.9 Å². The van der Waals surface area contributed by atoms with Gasteiger partial charge in [-0.05, 0) is 20.9 Å². The molecule has 1 amide bonds. The van der Waals surface area contributed by atoms with Crippen LogP contribution in [0.1, 0.15) is 20.8 Å². The van der Waals surface area contributed by atoms with Crippen LogP contribution >= 0.6 is 0 Å². The molecule has 1 N–H and O–H groups in total. The second-order valence-electron chi connectivity index (χ2n) is 5.36. The Morgan fingerprint density at radius 1 is 1.32 bits per heavy atom. The molecule has 1 rings (SSSR count). The minimum absolute atomic E-state index is 0.217. The van der Waals surface area contributed by atoms with Crippen molar-refractivity contribution >= 4 is 11.9 Å². The SMILES string of the molecule is COC(=O)C(CN1CC(C)N(C)C(C)C1)NC(C)=O. The van der Waals surface area contributed by atoms with Gasteiger partial charge in [0.05, 0.1) is 7.11 Å². The molecule has 1 heterocycles. The summed E-state index contributed by atoms with van der Waals surface area (Å²) in [6, 6.07) is 0.268. The molecule has 1 aliphatic heterocycles. The van der Waals surface area contributed by atoms with E-state index in [0.717, 1.165) is 13.1 Å². The molecule has 6 heteroatoms. The van der Waals surface area contributed by atoms with E-state index >= 15 is 0 Å². The van der Waals surface area contributed by atoms with E-state index in [1.54, 1.807) is 0 Å². The van der Waals surface area contributed by atoms with Crippen molar-refractivity contribution in [2.24, 2.45) is 0 Å². The van der Waals surface area contributed by atoms with Crippen molar-refractivity contribution in [3.63, 3.8) is 0 Å². The molecular formula is C13H25N3O3. The lowest BCUT2D eigenvalue weighted by Gasteiger charge is -2.43. The Labute approximate surface area is 115 Å². The zero-order valence-corrected chi connectivity index (χ0v) is 12.5. The van der Waals surface area contributed by atoms with Gasteiger partial charge in [-0.1, -0.05) is 0 Å². The van der Waals surface area contributed by atoms with Crippen molar-refractivity contribution < 1.29 is 14.3 Å². The van der Waals surface area contributed by atoms with Crippen molar-refractivity contribution in [1.29, 1.82) is 0 Å². The zero-order valence-electron chi connectivity index (χ0n) is 12.5. The first-order valence-electron chi connectivity index (χ1n) is 6.64. The summed E-state index contributed by atoms with van der Waals surface area (Å²) < 4.78 is 4.74. The summed E-state index contributed by atoms with van der Waals surface area (Å²) in [5.74, 6) is -0.611. The van der Waals surface area contributed by atoms with Gasteiger partial charge < -0.3 is 10.1 Å². The van der Waals surface area contributed by atoms with Gasteiger partial charge in [-0.3, -0.25) is 14.6 Å². The molecule has 0 saturated carbocycles. The molecule has 0 aromatic heterocycles. The van der Waals surface area contributed by atoms with E-state index in [2.05, 4.69) is 36.0 Å². The minimum atomic E-state index is -0.592. The van der Waals surface area contributed by atoms with E-state index in [1.165, 1.54) is 14.0 Å². The first-order valence-corrected chi connectivity index (χ1v) is 6.64. The molecule has 19 heavy (non-hydrogen) atoms. The summed E-state index contributed by atoms with van der Waals surface area (Å²) in [5, 5.41) is 2.65. The van der Waals surface area contributed by atoms with E-state index in [-0.39, 0.29) is 5.91 Å². The molecule has 1 fully saturated rings. The molecular weight excluding hydrogens is 246 g/mol. The minimum Gasteiger partial charge on any atom is -0.467 e. The Bertz CT molecular complexity index is 323. The van der Waals surface area contributed by atoms with Gasteiger partial charge in [0.15, 0.2) is 0 Å². The lowest BCUT2D eigenvalue weighted by molar-refractivity contribution is -0.145. The average Bonchev–Trinajstić information content (AvgIpc) is 2.33. The van der Waals surface area contributed by atoms with Crippen LogP contribution in [0.4, 0.5) is 0 Å². The molecule has 0 aromatic rings. The summed E-state index contributed by atoms with van der Waals surface area (Å²) in [4.78, 5) is 27.3. The predicted molar refractivity (Wildman–Crippen MR) is 72.7 cm³/mol. The van der Waals surface area contributed by atoms with E-state index in [9.17, 15) is 9.59 Å². The maximum Gasteiger partial charge on any atom is 0.329 e. The normalized spacial score (nSPS) is 26.8. The summed E-state index contributed by atoms with van der Waals surface area (Å²) in [6.45, 7) is 7.99. The molecule has 0 bridgehead atoms. The number of amides is 1. The summed E-state index contributed by atoms with van der Waals surface area (Å²) in [7, 11) is 3.45. The summed E-state index contributed by atoms with van der Waals surface area (Å²) in [5.41, 5.74) is 0. The number of ether oxygens (including phenoxy) is 1. The van der Waals surface area contributed by atoms with Crippen LogP contribution in [0.2, 0.25) is 0 Å². The Hall–Kier alpha value is -1.14. The number of esters is 1. The molecule has 1 aliphatic rings. The van der Waals surface area contributed by atoms with Gasteiger partial charge in [0.2, 0.25) is 5.91 Å². The van der Waals surface area contributed by atoms with Crippen molar-refractivity contribution in [3.05, 3.63) is 0 Å². The van der Waals surface area contributed by atoms with Crippen molar-refractivity contribution in [3.8, 4) is 0 Å². The molecule has 110 valence electrons. The highest BCUT2D eigenvalue weighted by molar-refractivity contribution is 5.83. The molecule has 0 aromatic carbocycles. The van der Waals surface area contributed by atoms with E-state index in [4.69, 9.17) is 4.74 Å². The van der Waals surface area contributed by atoms with Crippen LogP contribution in [0, 0.1) is 0 Å². The highest BCUT2D eigenvalue weighted by Gasteiger charge is 2.30. The molecule has 6 nitrogen and oxygen atoms in total. The number of hydrogen-bond acceptors (Lipinski definition) is 5. The first-order chi connectivity index (χ1) is 8.85. The second-order valence-corrected chi connectivity index (χ2v) is 5.36. The van der Waals surface area contributed by atoms with E-state index in [0.29, 0.717) is 18.6 Å². The first kappa shape index (κ1) is 15.9. The second kappa shape index (κ2) is 6.86. The van der Waals surface area contributed by atoms with Gasteiger partial charge in [0.1, 0.15) is 6.04 Å². The van der Waals surface area contributed by atoms with Crippen molar-refractivity contribution in [1.82, 2.24) is 15.1 Å². The van der Waals surface area contributed by atoms with Crippen LogP contribution in [0.15, 0.2) is 0 Å². The largest absolute Gasteiger partial charge is 0.467 e. The number of likely N-dealkylation sites (N-methyl/N-ethyl adjacent to an activating group) is 1. The van der Waals surface area contributed by atoms with Gasteiger partial charge in [0, 0.05) is 38.6 Å². The van der Waals surface area contributed by atoms with Gasteiger partial charge in [-0.15, -0.1) is 0 Å². The average molecular weight is 271 g/mol. The fourth-order valence-electron chi connectivity index (χ4n) is 2.49. The van der Waals surface area contributed by atoms with Crippen molar-refractivity contribution in [2.45, 2.75) is 38.9 Å². The summed E-state index contributed by atoms with van der Waals surface area (Å²) >= 11 is 0. The fourth-order valence-corrected chi connectivity index (χ4v) is 2.49. The van der Waals surface area contributed by atoms with Crippen LogP contribution in [0.25, 0.3) is 0 Å². The third-order valence-electron chi connectivity index (χ3n) is 3.74. The number of nitrogens with zero attached hydrogens (tertiary/aromatic N) is 2. The summed E-state index contributed by atoms with van der Waals surface area (Å²) in [6.07, 6.45) is 0. The Morgan fingerprint density at radius 2 is 1.84 bits per heavy atom. The maximum atomic E-state index is 11.7. The number of rotatable bonds is 4. The van der Waals surface area contributed by atoms with Gasteiger partial charge in [-0.25, -0.2) is 4.79 Å². The number of carbonyl (C=O) groups is 2. The molecule has 0 radical (unpaired) electrons. The number of methoxy groups -OCH3 is 1. The molecule has 3 unspecified atom stereocenters. The molecule has 0 aliphatic carbocycles. The van der Waals surface area contributed by atoms with Gasteiger partial charge >= 0.3 is 5.97 Å². The lowest BCUT2D eigenvalue weighted by Crippen LogP contribution is -2.58. The van der Waals surface area contributed by atoms with Gasteiger partial charge in [0.25, 0.3) is 0 Å². The number of piperazine rings is 1. The Kier molecular flexibility index (Phi) is 5.75. The molecule has 0 spiro atoms. The standard InChI is InChI=1S/C13H25N3O3/c1-9-6-16(7-10(2)15(9)4)8-12(13(18)19-5)14-11(3)17/h9-10,12H,6-8H2,1-5H3,(H,14,17). The van der Waals surface area contributed by atoms with Crippen LogP contribution in [0.3, 0.4) is 0 Å². The fraction of sp³-hybridized carbons (Fsp3) is 0.846.